The maximum Gasteiger partial charge on any atom is 0.227 e. The fraction of sp³-hybridized carbons (Fsp3) is 0.417. The van der Waals surface area contributed by atoms with Gasteiger partial charge in [-0.15, -0.1) is 12.4 Å². The fourth-order valence-corrected chi connectivity index (χ4v) is 1.44. The predicted molar refractivity (Wildman–Crippen MR) is 71.5 cm³/mol. The number of methoxy groups -OCH3 is 1. The standard InChI is InChI=1S/C12H17FN2O2.ClH/c1-8-5-9(13)3-4-11(8)15-12(16)6-10(7-14)17-2;/h3-5,10H,6-7,14H2,1-2H3,(H,15,16);1H. The Morgan fingerprint density at radius 2 is 2.22 bits per heavy atom. The summed E-state index contributed by atoms with van der Waals surface area (Å²) in [7, 11) is 1.51. The lowest BCUT2D eigenvalue weighted by Gasteiger charge is -2.13. The van der Waals surface area contributed by atoms with Crippen molar-refractivity contribution in [2.24, 2.45) is 5.73 Å². The summed E-state index contributed by atoms with van der Waals surface area (Å²) >= 11 is 0. The molecule has 0 heterocycles. The minimum atomic E-state index is -0.322. The lowest BCUT2D eigenvalue weighted by Crippen LogP contribution is -2.28. The Morgan fingerprint density at radius 3 is 2.72 bits per heavy atom. The molecule has 1 aromatic carbocycles. The summed E-state index contributed by atoms with van der Waals surface area (Å²) in [5.74, 6) is -0.519. The lowest BCUT2D eigenvalue weighted by atomic mass is 10.2. The second kappa shape index (κ2) is 8.02. The van der Waals surface area contributed by atoms with Crippen molar-refractivity contribution in [3.8, 4) is 0 Å². The average Bonchev–Trinajstić information content (AvgIpc) is 2.29. The van der Waals surface area contributed by atoms with E-state index in [0.29, 0.717) is 11.3 Å². The molecule has 102 valence electrons. The molecule has 0 fully saturated rings. The van der Waals surface area contributed by atoms with Crippen LogP contribution in [-0.2, 0) is 9.53 Å². The highest BCUT2D eigenvalue weighted by Crippen LogP contribution is 2.16. The van der Waals surface area contributed by atoms with Crippen LogP contribution in [0.15, 0.2) is 18.2 Å². The molecule has 1 unspecified atom stereocenters. The van der Waals surface area contributed by atoms with E-state index in [1.807, 2.05) is 0 Å². The quantitative estimate of drug-likeness (QED) is 0.863. The van der Waals surface area contributed by atoms with Gasteiger partial charge in [0.25, 0.3) is 0 Å². The molecule has 0 spiro atoms. The number of nitrogens with two attached hydrogens (primary N) is 1. The molecule has 0 aliphatic heterocycles. The summed E-state index contributed by atoms with van der Waals surface area (Å²) in [6.45, 7) is 2.02. The highest BCUT2D eigenvalue weighted by atomic mass is 35.5. The normalized spacial score (nSPS) is 11.6. The Balaban J connectivity index is 0.00000289. The number of amides is 1. The number of hydrogen-bond acceptors (Lipinski definition) is 3. The van der Waals surface area contributed by atoms with Crippen LogP contribution >= 0.6 is 12.4 Å². The summed E-state index contributed by atoms with van der Waals surface area (Å²) in [4.78, 5) is 11.6. The van der Waals surface area contributed by atoms with Crippen LogP contribution in [0, 0.1) is 12.7 Å². The van der Waals surface area contributed by atoms with Crippen LogP contribution in [-0.4, -0.2) is 25.7 Å². The molecule has 0 saturated heterocycles. The van der Waals surface area contributed by atoms with Gasteiger partial charge in [0, 0.05) is 19.3 Å². The number of rotatable bonds is 5. The van der Waals surface area contributed by atoms with E-state index in [9.17, 15) is 9.18 Å². The maximum absolute atomic E-state index is 12.9. The zero-order chi connectivity index (χ0) is 12.8. The zero-order valence-corrected chi connectivity index (χ0v) is 11.2. The molecule has 18 heavy (non-hydrogen) atoms. The molecule has 0 aromatic heterocycles. The smallest absolute Gasteiger partial charge is 0.227 e. The largest absolute Gasteiger partial charge is 0.380 e. The number of anilines is 1. The SMILES string of the molecule is COC(CN)CC(=O)Nc1ccc(F)cc1C.Cl. The van der Waals surface area contributed by atoms with Crippen molar-refractivity contribution in [3.63, 3.8) is 0 Å². The monoisotopic (exact) mass is 276 g/mol. The van der Waals surface area contributed by atoms with Crippen LogP contribution in [0.2, 0.25) is 0 Å². The first-order valence-corrected chi connectivity index (χ1v) is 5.35. The molecule has 0 aliphatic rings. The molecular formula is C12H18ClFN2O2. The summed E-state index contributed by atoms with van der Waals surface area (Å²) < 4.78 is 17.9. The van der Waals surface area contributed by atoms with Crippen molar-refractivity contribution in [2.45, 2.75) is 19.4 Å². The number of nitrogens with one attached hydrogen (secondary N) is 1. The van der Waals surface area contributed by atoms with E-state index in [1.54, 1.807) is 6.92 Å². The van der Waals surface area contributed by atoms with Crippen LogP contribution in [0.3, 0.4) is 0 Å². The van der Waals surface area contributed by atoms with E-state index in [4.69, 9.17) is 10.5 Å². The van der Waals surface area contributed by atoms with E-state index >= 15 is 0 Å². The minimum Gasteiger partial charge on any atom is -0.380 e. The van der Waals surface area contributed by atoms with Gasteiger partial charge in [-0.25, -0.2) is 4.39 Å². The van der Waals surface area contributed by atoms with Gasteiger partial charge in [0.05, 0.1) is 12.5 Å². The third-order valence-corrected chi connectivity index (χ3v) is 2.47. The van der Waals surface area contributed by atoms with Crippen molar-refractivity contribution in [1.82, 2.24) is 0 Å². The molecule has 1 amide bonds. The maximum atomic E-state index is 12.9. The molecule has 6 heteroatoms. The topological polar surface area (TPSA) is 64.3 Å². The van der Waals surface area contributed by atoms with Gasteiger partial charge >= 0.3 is 0 Å². The third-order valence-electron chi connectivity index (χ3n) is 2.47. The fourth-order valence-electron chi connectivity index (χ4n) is 1.44. The van der Waals surface area contributed by atoms with Gasteiger partial charge < -0.3 is 15.8 Å². The molecule has 4 nitrogen and oxygen atoms in total. The van der Waals surface area contributed by atoms with Gasteiger partial charge in [-0.2, -0.15) is 0 Å². The van der Waals surface area contributed by atoms with Gasteiger partial charge in [0.15, 0.2) is 0 Å². The first-order valence-electron chi connectivity index (χ1n) is 5.35. The van der Waals surface area contributed by atoms with Gasteiger partial charge in [0.2, 0.25) is 5.91 Å². The number of benzene rings is 1. The predicted octanol–water partition coefficient (Wildman–Crippen LogP) is 1.86. The number of ether oxygens (including phenoxy) is 1. The molecule has 1 atom stereocenters. The molecule has 0 aliphatic carbocycles. The summed E-state index contributed by atoms with van der Waals surface area (Å²) in [6, 6.07) is 4.21. The highest BCUT2D eigenvalue weighted by molar-refractivity contribution is 5.91. The van der Waals surface area contributed by atoms with Crippen LogP contribution in [0.4, 0.5) is 10.1 Å². The number of hydrogen-bond donors (Lipinski definition) is 2. The third kappa shape index (κ3) is 5.00. The molecule has 0 radical (unpaired) electrons. The van der Waals surface area contributed by atoms with Crippen molar-refractivity contribution in [1.29, 1.82) is 0 Å². The molecule has 0 bridgehead atoms. The van der Waals surface area contributed by atoms with Crippen LogP contribution in [0.1, 0.15) is 12.0 Å². The average molecular weight is 277 g/mol. The highest BCUT2D eigenvalue weighted by Gasteiger charge is 2.12. The zero-order valence-electron chi connectivity index (χ0n) is 10.4. The number of carbonyl (C=O) groups is 1. The van der Waals surface area contributed by atoms with E-state index in [2.05, 4.69) is 5.32 Å². The van der Waals surface area contributed by atoms with E-state index < -0.39 is 0 Å². The summed E-state index contributed by atoms with van der Waals surface area (Å²) in [6.07, 6.45) is -0.111. The van der Waals surface area contributed by atoms with Crippen molar-refractivity contribution in [2.75, 3.05) is 19.0 Å². The summed E-state index contributed by atoms with van der Waals surface area (Å²) in [5.41, 5.74) is 6.70. The Kier molecular flexibility index (Phi) is 7.50. The summed E-state index contributed by atoms with van der Waals surface area (Å²) in [5, 5.41) is 2.70. The lowest BCUT2D eigenvalue weighted by molar-refractivity contribution is -0.118. The van der Waals surface area contributed by atoms with Crippen LogP contribution < -0.4 is 11.1 Å². The van der Waals surface area contributed by atoms with Gasteiger partial charge in [-0.1, -0.05) is 0 Å². The van der Waals surface area contributed by atoms with Crippen LogP contribution in [0.5, 0.6) is 0 Å². The Labute approximate surface area is 112 Å². The molecule has 1 rings (SSSR count). The second-order valence-corrected chi connectivity index (χ2v) is 3.80. The van der Waals surface area contributed by atoms with Crippen molar-refractivity contribution >= 4 is 24.0 Å². The van der Waals surface area contributed by atoms with Gasteiger partial charge in [0.1, 0.15) is 5.82 Å². The van der Waals surface area contributed by atoms with Crippen LogP contribution in [0.25, 0.3) is 0 Å². The Bertz CT molecular complexity index is 398. The van der Waals surface area contributed by atoms with Gasteiger partial charge in [-0.05, 0) is 30.7 Å². The Morgan fingerprint density at radius 1 is 1.56 bits per heavy atom. The first kappa shape index (κ1) is 16.8. The van der Waals surface area contributed by atoms with E-state index in [0.717, 1.165) is 0 Å². The van der Waals surface area contributed by atoms with Crippen molar-refractivity contribution < 1.29 is 13.9 Å². The van der Waals surface area contributed by atoms with E-state index in [-0.39, 0.29) is 43.2 Å². The molecule has 3 N–H and O–H groups in total. The van der Waals surface area contributed by atoms with E-state index in [1.165, 1.54) is 25.3 Å². The minimum absolute atomic E-state index is 0. The van der Waals surface area contributed by atoms with Crippen molar-refractivity contribution in [3.05, 3.63) is 29.6 Å². The first-order chi connectivity index (χ1) is 8.06. The molecular weight excluding hydrogens is 259 g/mol. The second-order valence-electron chi connectivity index (χ2n) is 3.80. The Hall–Kier alpha value is -1.17. The number of halogens is 2. The molecule has 0 saturated carbocycles. The molecule has 1 aromatic rings. The number of aryl methyl sites for hydroxylation is 1. The number of carbonyl (C=O) groups excluding carboxylic acids is 1. The van der Waals surface area contributed by atoms with Gasteiger partial charge in [-0.3, -0.25) is 4.79 Å².